The number of hydrogen-bond donors (Lipinski definition) is 1. The van der Waals surface area contributed by atoms with Gasteiger partial charge in [-0.05, 0) is 17.7 Å². The summed E-state index contributed by atoms with van der Waals surface area (Å²) in [5.41, 5.74) is 0.784. The molecule has 0 radical (unpaired) electrons. The molecule has 0 aliphatic rings. The number of anilines is 1. The average Bonchev–Trinajstić information content (AvgIpc) is 3.00. The molecule has 2 aromatic carbocycles. The van der Waals surface area contributed by atoms with Crippen molar-refractivity contribution in [2.75, 3.05) is 5.32 Å². The molecule has 3 aromatic rings. The van der Waals surface area contributed by atoms with E-state index in [4.69, 9.17) is 4.42 Å². The number of hydrogen-bond acceptors (Lipinski definition) is 4. The monoisotopic (exact) mass is 315 g/mol. The minimum atomic E-state index is -0.887. The van der Waals surface area contributed by atoms with Gasteiger partial charge in [-0.1, -0.05) is 30.3 Å². The molecule has 0 aliphatic carbocycles. The number of benzene rings is 2. The van der Waals surface area contributed by atoms with Crippen LogP contribution in [0.15, 0.2) is 52.9 Å². The van der Waals surface area contributed by atoms with E-state index in [2.05, 4.69) is 15.5 Å². The van der Waals surface area contributed by atoms with E-state index >= 15 is 0 Å². The highest BCUT2D eigenvalue weighted by atomic mass is 19.1. The van der Waals surface area contributed by atoms with Gasteiger partial charge in [0.1, 0.15) is 11.6 Å². The Bertz CT molecular complexity index is 834. The fraction of sp³-hybridized carbons (Fsp3) is 0.0625. The smallest absolute Gasteiger partial charge is 0.313 e. The van der Waals surface area contributed by atoms with Crippen molar-refractivity contribution < 1.29 is 18.0 Å². The van der Waals surface area contributed by atoms with Crippen molar-refractivity contribution in [1.82, 2.24) is 10.2 Å². The molecule has 0 saturated carbocycles. The molecule has 0 bridgehead atoms. The molecule has 1 heterocycles. The Morgan fingerprint density at radius 3 is 2.61 bits per heavy atom. The zero-order valence-electron chi connectivity index (χ0n) is 11.8. The second-order valence-corrected chi connectivity index (χ2v) is 4.74. The molecule has 0 aliphatic heterocycles. The zero-order chi connectivity index (χ0) is 16.2. The molecule has 7 heteroatoms. The van der Waals surface area contributed by atoms with Crippen LogP contribution >= 0.6 is 0 Å². The quantitative estimate of drug-likeness (QED) is 0.803. The van der Waals surface area contributed by atoms with Gasteiger partial charge >= 0.3 is 11.8 Å². The maximum Gasteiger partial charge on any atom is 0.313 e. The minimum Gasteiger partial charge on any atom is -0.417 e. The molecule has 0 fully saturated rings. The molecule has 1 aromatic heterocycles. The van der Waals surface area contributed by atoms with Crippen LogP contribution < -0.4 is 5.32 Å². The van der Waals surface area contributed by atoms with Crippen LogP contribution in [0.25, 0.3) is 0 Å². The molecule has 3 rings (SSSR count). The summed E-state index contributed by atoms with van der Waals surface area (Å²) in [5, 5.41) is 9.66. The SMILES string of the molecule is O=C(Nc1ccc(F)cc1F)c1nnc(Cc2ccccc2)o1. The lowest BCUT2D eigenvalue weighted by atomic mass is 10.2. The van der Waals surface area contributed by atoms with E-state index in [1.807, 2.05) is 30.3 Å². The van der Waals surface area contributed by atoms with Crippen molar-refractivity contribution in [2.24, 2.45) is 0 Å². The summed E-state index contributed by atoms with van der Waals surface area (Å²) in [5.74, 6) is -2.41. The van der Waals surface area contributed by atoms with Gasteiger partial charge in [0.15, 0.2) is 0 Å². The highest BCUT2D eigenvalue weighted by Gasteiger charge is 2.17. The zero-order valence-corrected chi connectivity index (χ0v) is 11.8. The first-order valence-corrected chi connectivity index (χ1v) is 6.74. The molecule has 1 N–H and O–H groups in total. The van der Waals surface area contributed by atoms with Gasteiger partial charge in [0.05, 0.1) is 12.1 Å². The first kappa shape index (κ1) is 14.8. The van der Waals surface area contributed by atoms with Crippen molar-refractivity contribution in [3.63, 3.8) is 0 Å². The lowest BCUT2D eigenvalue weighted by Crippen LogP contribution is -2.13. The Balaban J connectivity index is 1.71. The Morgan fingerprint density at radius 1 is 1.09 bits per heavy atom. The van der Waals surface area contributed by atoms with Gasteiger partial charge in [0.25, 0.3) is 0 Å². The van der Waals surface area contributed by atoms with Crippen LogP contribution in [0.1, 0.15) is 22.1 Å². The predicted molar refractivity (Wildman–Crippen MR) is 77.9 cm³/mol. The third kappa shape index (κ3) is 3.57. The Hall–Kier alpha value is -3.09. The first-order valence-electron chi connectivity index (χ1n) is 6.74. The number of amides is 1. The van der Waals surface area contributed by atoms with E-state index < -0.39 is 17.5 Å². The van der Waals surface area contributed by atoms with E-state index in [9.17, 15) is 13.6 Å². The summed E-state index contributed by atoms with van der Waals surface area (Å²) < 4.78 is 31.6. The lowest BCUT2D eigenvalue weighted by molar-refractivity contribution is 0.0988. The molecule has 0 atom stereocenters. The van der Waals surface area contributed by atoms with Crippen LogP contribution in [0, 0.1) is 11.6 Å². The van der Waals surface area contributed by atoms with Gasteiger partial charge in [0.2, 0.25) is 5.89 Å². The number of aromatic nitrogens is 2. The number of halogens is 2. The Morgan fingerprint density at radius 2 is 1.87 bits per heavy atom. The molecule has 116 valence electrons. The Kier molecular flexibility index (Phi) is 4.09. The van der Waals surface area contributed by atoms with Crippen molar-refractivity contribution in [3.05, 3.63) is 77.5 Å². The summed E-state index contributed by atoms with van der Waals surface area (Å²) in [7, 11) is 0. The highest BCUT2D eigenvalue weighted by molar-refractivity contribution is 6.00. The topological polar surface area (TPSA) is 68.0 Å². The van der Waals surface area contributed by atoms with Crippen molar-refractivity contribution in [1.29, 1.82) is 0 Å². The second kappa shape index (κ2) is 6.35. The molecule has 23 heavy (non-hydrogen) atoms. The summed E-state index contributed by atoms with van der Waals surface area (Å²) in [4.78, 5) is 11.9. The highest BCUT2D eigenvalue weighted by Crippen LogP contribution is 2.16. The fourth-order valence-electron chi connectivity index (χ4n) is 1.95. The molecule has 1 amide bonds. The largest absolute Gasteiger partial charge is 0.417 e. The van der Waals surface area contributed by atoms with E-state index in [-0.39, 0.29) is 17.5 Å². The summed E-state index contributed by atoms with van der Waals surface area (Å²) in [6.07, 6.45) is 0.381. The Labute approximate surface area is 130 Å². The normalized spacial score (nSPS) is 10.5. The molecule has 0 spiro atoms. The van der Waals surface area contributed by atoms with Crippen molar-refractivity contribution in [2.45, 2.75) is 6.42 Å². The molecule has 0 unspecified atom stereocenters. The van der Waals surface area contributed by atoms with Crippen molar-refractivity contribution in [3.8, 4) is 0 Å². The minimum absolute atomic E-state index is 0.167. The van der Waals surface area contributed by atoms with E-state index in [1.54, 1.807) is 0 Å². The van der Waals surface area contributed by atoms with Crippen LogP contribution in [-0.2, 0) is 6.42 Å². The number of rotatable bonds is 4. The fourth-order valence-corrected chi connectivity index (χ4v) is 1.95. The van der Waals surface area contributed by atoms with E-state index in [0.717, 1.165) is 17.7 Å². The van der Waals surface area contributed by atoms with Gasteiger partial charge in [-0.15, -0.1) is 10.2 Å². The van der Waals surface area contributed by atoms with E-state index in [0.29, 0.717) is 12.5 Å². The number of nitrogens with one attached hydrogen (secondary N) is 1. The lowest BCUT2D eigenvalue weighted by Gasteiger charge is -2.03. The molecule has 5 nitrogen and oxygen atoms in total. The molecule has 0 saturated heterocycles. The van der Waals surface area contributed by atoms with Crippen LogP contribution in [0.2, 0.25) is 0 Å². The first-order chi connectivity index (χ1) is 11.1. The second-order valence-electron chi connectivity index (χ2n) is 4.74. The van der Waals surface area contributed by atoms with Crippen LogP contribution in [0.5, 0.6) is 0 Å². The summed E-state index contributed by atoms with van der Waals surface area (Å²) in [6.45, 7) is 0. The third-order valence-electron chi connectivity index (χ3n) is 3.04. The van der Waals surface area contributed by atoms with Gasteiger partial charge in [-0.3, -0.25) is 4.79 Å². The average molecular weight is 315 g/mol. The van der Waals surface area contributed by atoms with Gasteiger partial charge in [-0.25, -0.2) is 8.78 Å². The maximum absolute atomic E-state index is 13.5. The van der Waals surface area contributed by atoms with Crippen LogP contribution in [0.4, 0.5) is 14.5 Å². The number of nitrogens with zero attached hydrogens (tertiary/aromatic N) is 2. The summed E-state index contributed by atoms with van der Waals surface area (Å²) in [6, 6.07) is 12.2. The number of carbonyl (C=O) groups excluding carboxylic acids is 1. The van der Waals surface area contributed by atoms with Crippen LogP contribution in [0.3, 0.4) is 0 Å². The number of carbonyl (C=O) groups is 1. The van der Waals surface area contributed by atoms with Crippen LogP contribution in [-0.4, -0.2) is 16.1 Å². The molecular weight excluding hydrogens is 304 g/mol. The predicted octanol–water partition coefficient (Wildman–Crippen LogP) is 3.19. The summed E-state index contributed by atoms with van der Waals surface area (Å²) >= 11 is 0. The standard InChI is InChI=1S/C16H11F2N3O2/c17-11-6-7-13(12(18)9-11)19-15(22)16-21-20-14(23-16)8-10-4-2-1-3-5-10/h1-7,9H,8H2,(H,19,22). The van der Waals surface area contributed by atoms with Crippen molar-refractivity contribution >= 4 is 11.6 Å². The molecular formula is C16H11F2N3O2. The van der Waals surface area contributed by atoms with Gasteiger partial charge in [-0.2, -0.15) is 0 Å². The van der Waals surface area contributed by atoms with E-state index in [1.165, 1.54) is 0 Å². The van der Waals surface area contributed by atoms with Gasteiger partial charge < -0.3 is 9.73 Å². The third-order valence-corrected chi connectivity index (χ3v) is 3.04. The maximum atomic E-state index is 13.5. The van der Waals surface area contributed by atoms with Gasteiger partial charge in [0, 0.05) is 6.07 Å².